The zero-order valence-corrected chi connectivity index (χ0v) is 8.76. The monoisotopic (exact) mass is 184 g/mol. The molecule has 1 aliphatic rings. The SMILES string of the molecule is CCC(N)CNC(=O)C1CC1(C)C. The predicted molar refractivity (Wildman–Crippen MR) is 53.2 cm³/mol. The molecule has 0 aromatic heterocycles. The van der Waals surface area contributed by atoms with Crippen molar-refractivity contribution in [1.29, 1.82) is 0 Å². The fourth-order valence-electron chi connectivity index (χ4n) is 1.41. The van der Waals surface area contributed by atoms with Gasteiger partial charge in [0.15, 0.2) is 0 Å². The lowest BCUT2D eigenvalue weighted by atomic mass is 10.1. The van der Waals surface area contributed by atoms with Crippen molar-refractivity contribution in [2.45, 2.75) is 39.7 Å². The van der Waals surface area contributed by atoms with Gasteiger partial charge in [0.2, 0.25) is 5.91 Å². The van der Waals surface area contributed by atoms with Crippen LogP contribution >= 0.6 is 0 Å². The second-order valence-corrected chi connectivity index (χ2v) is 4.66. The Morgan fingerprint density at radius 3 is 2.62 bits per heavy atom. The third-order valence-corrected chi connectivity index (χ3v) is 2.89. The molecule has 13 heavy (non-hydrogen) atoms. The molecule has 0 aromatic carbocycles. The largest absolute Gasteiger partial charge is 0.354 e. The van der Waals surface area contributed by atoms with Gasteiger partial charge in [0, 0.05) is 18.5 Å². The highest BCUT2D eigenvalue weighted by molar-refractivity contribution is 5.82. The molecule has 0 saturated heterocycles. The van der Waals surface area contributed by atoms with E-state index in [2.05, 4.69) is 19.2 Å². The van der Waals surface area contributed by atoms with Gasteiger partial charge in [0.05, 0.1) is 0 Å². The van der Waals surface area contributed by atoms with Crippen molar-refractivity contribution in [3.05, 3.63) is 0 Å². The Morgan fingerprint density at radius 1 is 1.69 bits per heavy atom. The van der Waals surface area contributed by atoms with Crippen LogP contribution in [-0.4, -0.2) is 18.5 Å². The Balaban J connectivity index is 2.20. The molecular weight excluding hydrogens is 164 g/mol. The van der Waals surface area contributed by atoms with Crippen molar-refractivity contribution >= 4 is 5.91 Å². The topological polar surface area (TPSA) is 55.1 Å². The van der Waals surface area contributed by atoms with Crippen molar-refractivity contribution < 1.29 is 4.79 Å². The fraction of sp³-hybridized carbons (Fsp3) is 0.900. The first kappa shape index (κ1) is 10.5. The Labute approximate surface area is 80.1 Å². The number of hydrogen-bond acceptors (Lipinski definition) is 2. The van der Waals surface area contributed by atoms with E-state index < -0.39 is 0 Å². The van der Waals surface area contributed by atoms with Gasteiger partial charge < -0.3 is 11.1 Å². The van der Waals surface area contributed by atoms with E-state index in [1.54, 1.807) is 0 Å². The first-order valence-electron chi connectivity index (χ1n) is 5.00. The first-order valence-corrected chi connectivity index (χ1v) is 5.00. The standard InChI is InChI=1S/C10H20N2O/c1-4-7(11)6-12-9(13)8-5-10(8,2)3/h7-8H,4-6,11H2,1-3H3,(H,12,13). The average Bonchev–Trinajstić information content (AvgIpc) is 2.70. The molecule has 1 aliphatic carbocycles. The molecule has 1 saturated carbocycles. The Bertz CT molecular complexity index is 201. The van der Waals surface area contributed by atoms with Crippen molar-refractivity contribution in [3.8, 4) is 0 Å². The van der Waals surface area contributed by atoms with Crippen LogP contribution in [-0.2, 0) is 4.79 Å². The van der Waals surface area contributed by atoms with Crippen molar-refractivity contribution in [3.63, 3.8) is 0 Å². The average molecular weight is 184 g/mol. The highest BCUT2D eigenvalue weighted by Crippen LogP contribution is 2.51. The van der Waals surface area contributed by atoms with E-state index in [4.69, 9.17) is 5.73 Å². The van der Waals surface area contributed by atoms with Crippen LogP contribution in [0.25, 0.3) is 0 Å². The molecule has 0 radical (unpaired) electrons. The van der Waals surface area contributed by atoms with E-state index in [9.17, 15) is 4.79 Å². The lowest BCUT2D eigenvalue weighted by molar-refractivity contribution is -0.123. The molecule has 2 atom stereocenters. The van der Waals surface area contributed by atoms with E-state index >= 15 is 0 Å². The van der Waals surface area contributed by atoms with Gasteiger partial charge in [-0.15, -0.1) is 0 Å². The normalized spacial score (nSPS) is 26.6. The zero-order valence-electron chi connectivity index (χ0n) is 8.76. The third-order valence-electron chi connectivity index (χ3n) is 2.89. The first-order chi connectivity index (χ1) is 5.97. The van der Waals surface area contributed by atoms with Crippen LogP contribution in [0.4, 0.5) is 0 Å². The minimum atomic E-state index is 0.103. The van der Waals surface area contributed by atoms with Crippen molar-refractivity contribution in [1.82, 2.24) is 5.32 Å². The van der Waals surface area contributed by atoms with Crippen LogP contribution in [0.15, 0.2) is 0 Å². The van der Waals surface area contributed by atoms with E-state index in [0.717, 1.165) is 12.8 Å². The minimum absolute atomic E-state index is 0.103. The van der Waals surface area contributed by atoms with Crippen LogP contribution < -0.4 is 11.1 Å². The number of amides is 1. The summed E-state index contributed by atoms with van der Waals surface area (Å²) in [6.07, 6.45) is 1.93. The molecule has 76 valence electrons. The molecule has 1 rings (SSSR count). The smallest absolute Gasteiger partial charge is 0.223 e. The maximum atomic E-state index is 11.5. The van der Waals surface area contributed by atoms with Gasteiger partial charge in [0.1, 0.15) is 0 Å². The van der Waals surface area contributed by atoms with Crippen LogP contribution in [0.5, 0.6) is 0 Å². The molecular formula is C10H20N2O. The zero-order chi connectivity index (χ0) is 10.1. The second-order valence-electron chi connectivity index (χ2n) is 4.66. The Kier molecular flexibility index (Phi) is 2.96. The lowest BCUT2D eigenvalue weighted by Crippen LogP contribution is -2.37. The van der Waals surface area contributed by atoms with Crippen LogP contribution in [0.2, 0.25) is 0 Å². The number of carbonyl (C=O) groups excluding carboxylic acids is 1. The van der Waals surface area contributed by atoms with Crippen molar-refractivity contribution in [2.24, 2.45) is 17.1 Å². The summed E-state index contributed by atoms with van der Waals surface area (Å²) in [6, 6.07) is 0.103. The summed E-state index contributed by atoms with van der Waals surface area (Å²) in [7, 11) is 0. The number of carbonyl (C=O) groups is 1. The third kappa shape index (κ3) is 2.69. The quantitative estimate of drug-likeness (QED) is 0.681. The van der Waals surface area contributed by atoms with Crippen molar-refractivity contribution in [2.75, 3.05) is 6.54 Å². The van der Waals surface area contributed by atoms with Crippen LogP contribution in [0.3, 0.4) is 0 Å². The number of nitrogens with one attached hydrogen (secondary N) is 1. The van der Waals surface area contributed by atoms with Gasteiger partial charge in [0.25, 0.3) is 0 Å². The number of rotatable bonds is 4. The molecule has 3 nitrogen and oxygen atoms in total. The summed E-state index contributed by atoms with van der Waals surface area (Å²) in [5.41, 5.74) is 5.92. The molecule has 0 bridgehead atoms. The van der Waals surface area contributed by atoms with Gasteiger partial charge in [-0.05, 0) is 18.3 Å². The molecule has 3 heteroatoms. The van der Waals surface area contributed by atoms with Crippen LogP contribution in [0, 0.1) is 11.3 Å². The summed E-state index contributed by atoms with van der Waals surface area (Å²) in [5, 5.41) is 2.89. The number of nitrogens with two attached hydrogens (primary N) is 1. The predicted octanol–water partition coefficient (Wildman–Crippen LogP) is 0.886. The lowest BCUT2D eigenvalue weighted by Gasteiger charge is -2.10. The molecule has 0 heterocycles. The molecule has 0 spiro atoms. The molecule has 0 aromatic rings. The highest BCUT2D eigenvalue weighted by Gasteiger charge is 2.50. The van der Waals surface area contributed by atoms with Gasteiger partial charge in [-0.1, -0.05) is 20.8 Å². The van der Waals surface area contributed by atoms with Crippen LogP contribution in [0.1, 0.15) is 33.6 Å². The van der Waals surface area contributed by atoms with E-state index in [1.807, 2.05) is 6.92 Å². The van der Waals surface area contributed by atoms with E-state index in [1.165, 1.54) is 0 Å². The van der Waals surface area contributed by atoms with Gasteiger partial charge in [-0.25, -0.2) is 0 Å². The molecule has 1 fully saturated rings. The van der Waals surface area contributed by atoms with Gasteiger partial charge >= 0.3 is 0 Å². The summed E-state index contributed by atoms with van der Waals surface area (Å²) in [4.78, 5) is 11.5. The summed E-state index contributed by atoms with van der Waals surface area (Å²) < 4.78 is 0. The molecule has 2 unspecified atom stereocenters. The Hall–Kier alpha value is -0.570. The Morgan fingerprint density at radius 2 is 2.23 bits per heavy atom. The maximum absolute atomic E-state index is 11.5. The summed E-state index contributed by atoms with van der Waals surface area (Å²) in [6.45, 7) is 6.88. The van der Waals surface area contributed by atoms with E-state index in [-0.39, 0.29) is 23.3 Å². The van der Waals surface area contributed by atoms with Gasteiger partial charge in [-0.2, -0.15) is 0 Å². The fourth-order valence-corrected chi connectivity index (χ4v) is 1.41. The molecule has 1 amide bonds. The maximum Gasteiger partial charge on any atom is 0.223 e. The van der Waals surface area contributed by atoms with Gasteiger partial charge in [-0.3, -0.25) is 4.79 Å². The minimum Gasteiger partial charge on any atom is -0.354 e. The van der Waals surface area contributed by atoms with E-state index in [0.29, 0.717) is 6.54 Å². The highest BCUT2D eigenvalue weighted by atomic mass is 16.2. The molecule has 3 N–H and O–H groups in total. The molecule has 0 aliphatic heterocycles. The second kappa shape index (κ2) is 3.66. The number of hydrogen-bond donors (Lipinski definition) is 2. The summed E-state index contributed by atoms with van der Waals surface area (Å²) in [5.74, 6) is 0.394. The summed E-state index contributed by atoms with van der Waals surface area (Å²) >= 11 is 0.